The fraction of sp³-hybridized carbons (Fsp3) is 0.810. The van der Waals surface area contributed by atoms with Crippen molar-refractivity contribution in [1.82, 2.24) is 0 Å². The summed E-state index contributed by atoms with van der Waals surface area (Å²) in [5.41, 5.74) is 0.800. The van der Waals surface area contributed by atoms with Crippen molar-refractivity contribution in [2.45, 2.75) is 73.6 Å². The Bertz CT molecular complexity index is 516. The molecule has 0 aromatic heterocycles. The van der Waals surface area contributed by atoms with Gasteiger partial charge in [-0.2, -0.15) is 0 Å². The van der Waals surface area contributed by atoms with Gasteiger partial charge in [0.2, 0.25) is 0 Å². The van der Waals surface area contributed by atoms with Crippen molar-refractivity contribution in [2.24, 2.45) is 22.7 Å². The van der Waals surface area contributed by atoms with E-state index in [9.17, 15) is 9.59 Å². The summed E-state index contributed by atoms with van der Waals surface area (Å²) in [4.78, 5) is 26.2. The molecular weight excluding hydrogens is 316 g/mol. The standard InChI is InChI=1S/C21H34O4/c1-7-9-11-24-18(22)20(5)16-13-17(15(4)14(16)3)21(20,6)19(23)25-12-10-8-2/h16-17H,7-13H2,1-6H3. The van der Waals surface area contributed by atoms with E-state index < -0.39 is 10.8 Å². The van der Waals surface area contributed by atoms with Gasteiger partial charge in [0.15, 0.2) is 0 Å². The van der Waals surface area contributed by atoms with Crippen LogP contribution >= 0.6 is 0 Å². The zero-order valence-electron chi connectivity index (χ0n) is 16.7. The first-order valence-corrected chi connectivity index (χ1v) is 9.78. The van der Waals surface area contributed by atoms with E-state index in [4.69, 9.17) is 9.47 Å². The Labute approximate surface area is 152 Å². The van der Waals surface area contributed by atoms with E-state index in [2.05, 4.69) is 27.7 Å². The quantitative estimate of drug-likeness (QED) is 0.362. The first kappa shape index (κ1) is 20.0. The highest BCUT2D eigenvalue weighted by molar-refractivity contribution is 5.91. The van der Waals surface area contributed by atoms with Gasteiger partial charge in [-0.3, -0.25) is 9.59 Å². The van der Waals surface area contributed by atoms with Crippen LogP contribution in [-0.2, 0) is 19.1 Å². The second-order valence-corrected chi connectivity index (χ2v) is 8.09. The van der Waals surface area contributed by atoms with E-state index in [1.165, 1.54) is 11.1 Å². The molecule has 2 rings (SSSR count). The van der Waals surface area contributed by atoms with E-state index in [1.807, 2.05) is 13.8 Å². The second kappa shape index (κ2) is 7.51. The Morgan fingerprint density at radius 3 is 1.56 bits per heavy atom. The van der Waals surface area contributed by atoms with Gasteiger partial charge in [0.05, 0.1) is 24.0 Å². The molecule has 1 fully saturated rings. The second-order valence-electron chi connectivity index (χ2n) is 8.09. The average molecular weight is 350 g/mol. The number of hydrogen-bond donors (Lipinski definition) is 0. The highest BCUT2D eigenvalue weighted by Crippen LogP contribution is 2.68. The minimum atomic E-state index is -0.849. The highest BCUT2D eigenvalue weighted by Gasteiger charge is 2.72. The van der Waals surface area contributed by atoms with Crippen LogP contribution in [0.1, 0.15) is 73.6 Å². The topological polar surface area (TPSA) is 52.6 Å². The van der Waals surface area contributed by atoms with Gasteiger partial charge >= 0.3 is 11.9 Å². The summed E-state index contributed by atoms with van der Waals surface area (Å²) < 4.78 is 11.2. The molecule has 4 unspecified atom stereocenters. The zero-order valence-corrected chi connectivity index (χ0v) is 16.7. The molecule has 142 valence electrons. The summed E-state index contributed by atoms with van der Waals surface area (Å²) in [6.45, 7) is 13.0. The molecule has 1 saturated carbocycles. The van der Waals surface area contributed by atoms with Crippen molar-refractivity contribution in [3.8, 4) is 0 Å². The van der Waals surface area contributed by atoms with Crippen LogP contribution in [0.4, 0.5) is 0 Å². The van der Waals surface area contributed by atoms with E-state index in [-0.39, 0.29) is 23.8 Å². The Morgan fingerprint density at radius 1 is 0.880 bits per heavy atom. The van der Waals surface area contributed by atoms with Gasteiger partial charge in [-0.15, -0.1) is 0 Å². The Kier molecular flexibility index (Phi) is 6.01. The molecule has 25 heavy (non-hydrogen) atoms. The van der Waals surface area contributed by atoms with Crippen LogP contribution in [0.25, 0.3) is 0 Å². The molecule has 2 aliphatic rings. The SMILES string of the molecule is CCCCOC(=O)C1(C)C2CC(C(C)=C2C)C1(C)C(=O)OCCCC. The lowest BCUT2D eigenvalue weighted by Crippen LogP contribution is -2.54. The van der Waals surface area contributed by atoms with Gasteiger partial charge in [0.25, 0.3) is 0 Å². The third-order valence-electron chi connectivity index (χ3n) is 6.92. The number of esters is 2. The molecule has 4 nitrogen and oxygen atoms in total. The minimum absolute atomic E-state index is 0.0651. The molecular formula is C21H34O4. The lowest BCUT2D eigenvalue weighted by molar-refractivity contribution is -0.181. The monoisotopic (exact) mass is 350 g/mol. The van der Waals surface area contributed by atoms with Crippen molar-refractivity contribution in [1.29, 1.82) is 0 Å². The molecule has 0 aromatic rings. The first-order chi connectivity index (χ1) is 11.8. The maximum Gasteiger partial charge on any atom is 0.313 e. The van der Waals surface area contributed by atoms with Crippen molar-refractivity contribution in [2.75, 3.05) is 13.2 Å². The summed E-state index contributed by atoms with van der Waals surface area (Å²) in [5.74, 6) is -0.351. The molecule has 4 heteroatoms. The molecule has 0 aromatic carbocycles. The van der Waals surface area contributed by atoms with Crippen molar-refractivity contribution in [3.63, 3.8) is 0 Å². The fourth-order valence-electron chi connectivity index (χ4n) is 4.83. The maximum atomic E-state index is 13.1. The fourth-order valence-corrected chi connectivity index (χ4v) is 4.83. The number of carbonyl (C=O) groups excluding carboxylic acids is 2. The molecule has 0 heterocycles. The number of carbonyl (C=O) groups is 2. The highest BCUT2D eigenvalue weighted by atomic mass is 16.5. The molecule has 2 aliphatic carbocycles. The molecule has 4 atom stereocenters. The third kappa shape index (κ3) is 2.92. The van der Waals surface area contributed by atoms with Gasteiger partial charge in [-0.1, -0.05) is 37.8 Å². The van der Waals surface area contributed by atoms with Crippen LogP contribution in [-0.4, -0.2) is 25.2 Å². The molecule has 0 aliphatic heterocycles. The van der Waals surface area contributed by atoms with Gasteiger partial charge in [0, 0.05) is 0 Å². The molecule has 2 bridgehead atoms. The largest absolute Gasteiger partial charge is 0.465 e. The molecule has 0 N–H and O–H groups in total. The summed E-state index contributed by atoms with van der Waals surface area (Å²) in [6, 6.07) is 0. The molecule has 0 saturated heterocycles. The Morgan fingerprint density at radius 2 is 1.24 bits per heavy atom. The number of fused-ring (bicyclic) bond motifs is 2. The van der Waals surface area contributed by atoms with Gasteiger partial charge < -0.3 is 9.47 Å². The number of rotatable bonds is 8. The maximum absolute atomic E-state index is 13.1. The lowest BCUT2D eigenvalue weighted by Gasteiger charge is -2.46. The first-order valence-electron chi connectivity index (χ1n) is 9.78. The van der Waals surface area contributed by atoms with Crippen molar-refractivity contribution >= 4 is 11.9 Å². The van der Waals surface area contributed by atoms with E-state index >= 15 is 0 Å². The number of allylic oxidation sites excluding steroid dienone is 2. The molecule has 0 radical (unpaired) electrons. The summed E-state index contributed by atoms with van der Waals surface area (Å²) in [5, 5.41) is 0. The molecule has 0 spiro atoms. The smallest absolute Gasteiger partial charge is 0.313 e. The van der Waals surface area contributed by atoms with Crippen LogP contribution in [0, 0.1) is 22.7 Å². The number of ether oxygens (including phenoxy) is 2. The van der Waals surface area contributed by atoms with Crippen LogP contribution in [0.2, 0.25) is 0 Å². The normalized spacial score (nSPS) is 33.7. The predicted molar refractivity (Wildman–Crippen MR) is 97.9 cm³/mol. The number of unbranched alkanes of at least 4 members (excludes halogenated alkanes) is 2. The van der Waals surface area contributed by atoms with Gasteiger partial charge in [-0.05, 0) is 58.8 Å². The van der Waals surface area contributed by atoms with Gasteiger partial charge in [-0.25, -0.2) is 0 Å². The van der Waals surface area contributed by atoms with Gasteiger partial charge in [0.1, 0.15) is 0 Å². The van der Waals surface area contributed by atoms with E-state index in [0.717, 1.165) is 32.1 Å². The summed E-state index contributed by atoms with van der Waals surface area (Å²) in [6.07, 6.45) is 4.49. The van der Waals surface area contributed by atoms with Crippen molar-refractivity contribution < 1.29 is 19.1 Å². The summed E-state index contributed by atoms with van der Waals surface area (Å²) in [7, 11) is 0. The average Bonchev–Trinajstić information content (AvgIpc) is 3.02. The minimum Gasteiger partial charge on any atom is -0.465 e. The predicted octanol–water partition coefficient (Wildman–Crippen LogP) is 4.67. The molecule has 0 amide bonds. The Balaban J connectivity index is 2.34. The summed E-state index contributed by atoms with van der Waals surface area (Å²) >= 11 is 0. The van der Waals surface area contributed by atoms with Crippen LogP contribution in [0.3, 0.4) is 0 Å². The van der Waals surface area contributed by atoms with E-state index in [0.29, 0.717) is 13.2 Å². The van der Waals surface area contributed by atoms with Crippen LogP contribution < -0.4 is 0 Å². The lowest BCUT2D eigenvalue weighted by atomic mass is 9.56. The number of hydrogen-bond acceptors (Lipinski definition) is 4. The Hall–Kier alpha value is -1.32. The third-order valence-corrected chi connectivity index (χ3v) is 6.92. The van der Waals surface area contributed by atoms with Crippen molar-refractivity contribution in [3.05, 3.63) is 11.1 Å². The van der Waals surface area contributed by atoms with Crippen LogP contribution in [0.5, 0.6) is 0 Å². The van der Waals surface area contributed by atoms with E-state index in [1.54, 1.807) is 0 Å². The van der Waals surface area contributed by atoms with Crippen LogP contribution in [0.15, 0.2) is 11.1 Å². The zero-order chi connectivity index (χ0) is 18.8.